The molecule has 1 fully saturated rings. The lowest BCUT2D eigenvalue weighted by Gasteiger charge is -2.26. The molecule has 0 bridgehead atoms. The van der Waals surface area contributed by atoms with Gasteiger partial charge in [0.05, 0.1) is 12.2 Å². The number of anilines is 1. The summed E-state index contributed by atoms with van der Waals surface area (Å²) in [6.45, 7) is 4.42. The lowest BCUT2D eigenvalue weighted by molar-refractivity contribution is 0.100. The number of nitrogens with zero attached hydrogens (tertiary/aromatic N) is 1. The predicted octanol–water partition coefficient (Wildman–Crippen LogP) is 2.89. The van der Waals surface area contributed by atoms with Crippen LogP contribution < -0.4 is 26.3 Å². The van der Waals surface area contributed by atoms with E-state index in [1.54, 1.807) is 13.2 Å². The molecule has 2 aromatic rings. The highest BCUT2D eigenvalue weighted by Crippen LogP contribution is 2.41. The standard InChI is InChI=1S/C22H30N4O5S/c1-29-11-12-30-15-5-6-16(18(13-15)31-10-9-26-7-3-2-4-8-26)19-14-17(20(23)27)21(32-19)25-22(24)28/h5-6,13-14H,2-4,7-12H2,1H3,(H2,23,27)(H3,24,25,28). The molecule has 0 atom stereocenters. The summed E-state index contributed by atoms with van der Waals surface area (Å²) in [7, 11) is 1.62. The number of likely N-dealkylation sites (tertiary alicyclic amines) is 1. The lowest BCUT2D eigenvalue weighted by Crippen LogP contribution is -2.33. The van der Waals surface area contributed by atoms with Crippen LogP contribution in [0.1, 0.15) is 29.6 Å². The molecular formula is C22H30N4O5S. The van der Waals surface area contributed by atoms with Gasteiger partial charge < -0.3 is 25.7 Å². The average Bonchev–Trinajstić information content (AvgIpc) is 3.18. The molecule has 1 aliphatic rings. The Morgan fingerprint density at radius 2 is 1.84 bits per heavy atom. The molecule has 9 nitrogen and oxygen atoms in total. The first-order valence-corrected chi connectivity index (χ1v) is 11.4. The molecular weight excluding hydrogens is 432 g/mol. The summed E-state index contributed by atoms with van der Waals surface area (Å²) in [6, 6.07) is 6.39. The van der Waals surface area contributed by atoms with Gasteiger partial charge in [0.1, 0.15) is 29.7 Å². The van der Waals surface area contributed by atoms with Gasteiger partial charge in [-0.25, -0.2) is 4.79 Å². The number of nitrogens with two attached hydrogens (primary N) is 2. The third-order valence-electron chi connectivity index (χ3n) is 5.12. The number of primary amides is 2. The van der Waals surface area contributed by atoms with E-state index in [4.69, 9.17) is 25.7 Å². The van der Waals surface area contributed by atoms with Crippen LogP contribution in [0.2, 0.25) is 0 Å². The quantitative estimate of drug-likeness (QED) is 0.440. The van der Waals surface area contributed by atoms with Gasteiger partial charge >= 0.3 is 6.03 Å². The molecule has 1 aromatic carbocycles. The van der Waals surface area contributed by atoms with E-state index < -0.39 is 11.9 Å². The number of carbonyl (C=O) groups is 2. The minimum atomic E-state index is -0.763. The minimum absolute atomic E-state index is 0.198. The Morgan fingerprint density at radius 3 is 2.53 bits per heavy atom. The van der Waals surface area contributed by atoms with Crippen LogP contribution in [0.3, 0.4) is 0 Å². The van der Waals surface area contributed by atoms with E-state index in [0.717, 1.165) is 30.1 Å². The van der Waals surface area contributed by atoms with E-state index in [1.807, 2.05) is 18.2 Å². The van der Waals surface area contributed by atoms with Crippen molar-refractivity contribution in [3.05, 3.63) is 29.8 Å². The van der Waals surface area contributed by atoms with E-state index in [9.17, 15) is 9.59 Å². The Balaban J connectivity index is 1.84. The molecule has 0 spiro atoms. The van der Waals surface area contributed by atoms with E-state index in [1.165, 1.54) is 30.6 Å². The fourth-order valence-electron chi connectivity index (χ4n) is 3.54. The van der Waals surface area contributed by atoms with Crippen molar-refractivity contribution in [3.63, 3.8) is 0 Å². The topological polar surface area (TPSA) is 129 Å². The first-order chi connectivity index (χ1) is 15.5. The molecule has 174 valence electrons. The van der Waals surface area contributed by atoms with Gasteiger partial charge in [0.2, 0.25) is 0 Å². The van der Waals surface area contributed by atoms with Crippen LogP contribution in [-0.4, -0.2) is 63.4 Å². The van der Waals surface area contributed by atoms with E-state index in [0.29, 0.717) is 36.3 Å². The Labute approximate surface area is 191 Å². The van der Waals surface area contributed by atoms with Crippen molar-refractivity contribution in [3.8, 4) is 21.9 Å². The molecule has 0 radical (unpaired) electrons. The molecule has 1 saturated heterocycles. The largest absolute Gasteiger partial charge is 0.491 e. The number of thiophene rings is 1. The number of carbonyl (C=O) groups excluding carboxylic acids is 2. The summed E-state index contributed by atoms with van der Waals surface area (Å²) in [5.41, 5.74) is 11.7. The molecule has 32 heavy (non-hydrogen) atoms. The summed E-state index contributed by atoms with van der Waals surface area (Å²) in [6.07, 6.45) is 3.72. The van der Waals surface area contributed by atoms with Crippen molar-refractivity contribution in [2.75, 3.05) is 51.9 Å². The SMILES string of the molecule is COCCOc1ccc(-c2cc(C(N)=O)c(NC(N)=O)s2)c(OCCN2CCCCC2)c1. The minimum Gasteiger partial charge on any atom is -0.491 e. The monoisotopic (exact) mass is 462 g/mol. The molecule has 0 saturated carbocycles. The van der Waals surface area contributed by atoms with Crippen LogP contribution in [0.5, 0.6) is 11.5 Å². The summed E-state index contributed by atoms with van der Waals surface area (Å²) in [5.74, 6) is 0.629. The Morgan fingerprint density at radius 1 is 1.06 bits per heavy atom. The summed E-state index contributed by atoms with van der Waals surface area (Å²) in [4.78, 5) is 26.3. The molecule has 3 amide bonds. The number of hydrogen-bond acceptors (Lipinski definition) is 7. The summed E-state index contributed by atoms with van der Waals surface area (Å²) >= 11 is 1.21. The third-order valence-corrected chi connectivity index (χ3v) is 6.21. The average molecular weight is 463 g/mol. The second kappa shape index (κ2) is 11.7. The van der Waals surface area contributed by atoms with Crippen molar-refractivity contribution in [2.24, 2.45) is 11.5 Å². The predicted molar refractivity (Wildman–Crippen MR) is 125 cm³/mol. The van der Waals surface area contributed by atoms with Gasteiger partial charge in [-0.1, -0.05) is 6.42 Å². The zero-order valence-electron chi connectivity index (χ0n) is 18.2. The molecule has 3 rings (SSSR count). The van der Waals surface area contributed by atoms with Crippen LogP contribution in [-0.2, 0) is 4.74 Å². The maximum atomic E-state index is 11.8. The van der Waals surface area contributed by atoms with Crippen LogP contribution in [0.4, 0.5) is 9.80 Å². The first-order valence-electron chi connectivity index (χ1n) is 10.6. The number of urea groups is 1. The molecule has 2 heterocycles. The highest BCUT2D eigenvalue weighted by molar-refractivity contribution is 7.20. The molecule has 0 aliphatic carbocycles. The number of ether oxygens (including phenoxy) is 3. The van der Waals surface area contributed by atoms with Crippen molar-refractivity contribution in [1.82, 2.24) is 4.90 Å². The zero-order chi connectivity index (χ0) is 22.9. The van der Waals surface area contributed by atoms with Crippen LogP contribution in [0, 0.1) is 0 Å². The highest BCUT2D eigenvalue weighted by atomic mass is 32.1. The van der Waals surface area contributed by atoms with Gasteiger partial charge in [0, 0.05) is 30.2 Å². The Bertz CT molecular complexity index is 927. The van der Waals surface area contributed by atoms with Crippen molar-refractivity contribution >= 4 is 28.3 Å². The van der Waals surface area contributed by atoms with Gasteiger partial charge in [-0.05, 0) is 44.1 Å². The normalized spacial score (nSPS) is 14.2. The highest BCUT2D eigenvalue weighted by Gasteiger charge is 2.19. The maximum absolute atomic E-state index is 11.8. The van der Waals surface area contributed by atoms with E-state index in [2.05, 4.69) is 10.2 Å². The fourth-order valence-corrected chi connectivity index (χ4v) is 4.63. The number of hydrogen-bond donors (Lipinski definition) is 3. The maximum Gasteiger partial charge on any atom is 0.317 e. The second-order valence-electron chi connectivity index (χ2n) is 7.46. The third kappa shape index (κ3) is 6.59. The number of methoxy groups -OCH3 is 1. The van der Waals surface area contributed by atoms with Gasteiger partial charge in [-0.15, -0.1) is 11.3 Å². The molecule has 1 aliphatic heterocycles. The number of rotatable bonds is 11. The van der Waals surface area contributed by atoms with Crippen LogP contribution in [0.25, 0.3) is 10.4 Å². The first kappa shape index (κ1) is 23.8. The number of nitrogens with one attached hydrogen (secondary N) is 1. The van der Waals surface area contributed by atoms with E-state index in [-0.39, 0.29) is 5.56 Å². The molecule has 5 N–H and O–H groups in total. The number of benzene rings is 1. The number of piperidine rings is 1. The molecule has 1 aromatic heterocycles. The smallest absolute Gasteiger partial charge is 0.317 e. The molecule has 10 heteroatoms. The van der Waals surface area contributed by atoms with E-state index >= 15 is 0 Å². The van der Waals surface area contributed by atoms with Gasteiger partial charge in [0.15, 0.2) is 0 Å². The summed E-state index contributed by atoms with van der Waals surface area (Å²) in [5, 5.41) is 2.77. The Kier molecular flexibility index (Phi) is 8.72. The van der Waals surface area contributed by atoms with Crippen molar-refractivity contribution in [2.45, 2.75) is 19.3 Å². The van der Waals surface area contributed by atoms with Gasteiger partial charge in [-0.3, -0.25) is 15.0 Å². The lowest BCUT2D eigenvalue weighted by atomic mass is 10.1. The van der Waals surface area contributed by atoms with Gasteiger partial charge in [0.25, 0.3) is 5.91 Å². The summed E-state index contributed by atoms with van der Waals surface area (Å²) < 4.78 is 16.9. The van der Waals surface area contributed by atoms with Crippen LogP contribution >= 0.6 is 11.3 Å². The van der Waals surface area contributed by atoms with Crippen LogP contribution in [0.15, 0.2) is 24.3 Å². The fraction of sp³-hybridized carbons (Fsp3) is 0.455. The zero-order valence-corrected chi connectivity index (χ0v) is 19.0. The van der Waals surface area contributed by atoms with Crippen molar-refractivity contribution in [1.29, 1.82) is 0 Å². The molecule has 0 unspecified atom stereocenters. The van der Waals surface area contributed by atoms with Gasteiger partial charge in [-0.2, -0.15) is 0 Å². The van der Waals surface area contributed by atoms with Crippen molar-refractivity contribution < 1.29 is 23.8 Å². The second-order valence-corrected chi connectivity index (χ2v) is 8.51. The Hall–Kier alpha value is -2.82. The number of amides is 3.